The van der Waals surface area contributed by atoms with Gasteiger partial charge in [-0.05, 0) is 77.0 Å². The number of anilines is 1. The van der Waals surface area contributed by atoms with Gasteiger partial charge < -0.3 is 14.4 Å². The SMILES string of the molecule is CCOc1cc(/C=C2/C(=O)N(c3ccccc3)C(=S)N2C)cc(Br)c1OCc1ccccc1Cl. The molecule has 0 N–H and O–H groups in total. The molecule has 1 heterocycles. The van der Waals surface area contributed by atoms with Crippen LogP contribution in [0.1, 0.15) is 18.1 Å². The highest BCUT2D eigenvalue weighted by Gasteiger charge is 2.36. The van der Waals surface area contributed by atoms with E-state index in [-0.39, 0.29) is 5.91 Å². The maximum Gasteiger partial charge on any atom is 0.281 e. The van der Waals surface area contributed by atoms with Crippen LogP contribution in [0, 0.1) is 0 Å². The predicted octanol–water partition coefficient (Wildman–Crippen LogP) is 6.68. The maximum atomic E-state index is 13.2. The average molecular weight is 558 g/mol. The Balaban J connectivity index is 1.65. The van der Waals surface area contributed by atoms with Crippen LogP contribution in [0.4, 0.5) is 5.69 Å². The number of nitrogens with zero attached hydrogens (tertiary/aromatic N) is 2. The van der Waals surface area contributed by atoms with Gasteiger partial charge in [-0.3, -0.25) is 9.69 Å². The number of ether oxygens (including phenoxy) is 2. The van der Waals surface area contributed by atoms with Crippen LogP contribution in [-0.2, 0) is 11.4 Å². The van der Waals surface area contributed by atoms with E-state index >= 15 is 0 Å². The van der Waals surface area contributed by atoms with Crippen LogP contribution < -0.4 is 14.4 Å². The van der Waals surface area contributed by atoms with Crippen LogP contribution in [0.3, 0.4) is 0 Å². The number of halogens is 2. The molecule has 34 heavy (non-hydrogen) atoms. The van der Waals surface area contributed by atoms with Crippen LogP contribution in [0.25, 0.3) is 6.08 Å². The van der Waals surface area contributed by atoms with Crippen molar-refractivity contribution in [1.82, 2.24) is 4.90 Å². The van der Waals surface area contributed by atoms with Gasteiger partial charge in [-0.1, -0.05) is 48.0 Å². The van der Waals surface area contributed by atoms with Crippen LogP contribution in [-0.4, -0.2) is 29.6 Å². The van der Waals surface area contributed by atoms with Crippen molar-refractivity contribution in [2.75, 3.05) is 18.6 Å². The number of thiocarbonyl (C=S) groups is 1. The minimum atomic E-state index is -0.188. The number of para-hydroxylation sites is 1. The van der Waals surface area contributed by atoms with Crippen molar-refractivity contribution < 1.29 is 14.3 Å². The highest BCUT2D eigenvalue weighted by molar-refractivity contribution is 9.10. The number of carbonyl (C=O) groups excluding carboxylic acids is 1. The first-order valence-corrected chi connectivity index (χ1v) is 12.2. The first-order valence-electron chi connectivity index (χ1n) is 10.6. The lowest BCUT2D eigenvalue weighted by Gasteiger charge is -2.16. The smallest absolute Gasteiger partial charge is 0.281 e. The van der Waals surface area contributed by atoms with Crippen LogP contribution in [0.5, 0.6) is 11.5 Å². The number of hydrogen-bond acceptors (Lipinski definition) is 4. The summed E-state index contributed by atoms with van der Waals surface area (Å²) in [4.78, 5) is 16.5. The molecule has 174 valence electrons. The molecule has 3 aromatic carbocycles. The van der Waals surface area contributed by atoms with Gasteiger partial charge in [-0.25, -0.2) is 0 Å². The van der Waals surface area contributed by atoms with Crippen molar-refractivity contribution in [1.29, 1.82) is 0 Å². The topological polar surface area (TPSA) is 42.0 Å². The van der Waals surface area contributed by atoms with Crippen molar-refractivity contribution >= 4 is 62.5 Å². The van der Waals surface area contributed by atoms with Gasteiger partial charge in [0.25, 0.3) is 5.91 Å². The van der Waals surface area contributed by atoms with Crippen molar-refractivity contribution in [3.63, 3.8) is 0 Å². The fraction of sp³-hybridized carbons (Fsp3) is 0.154. The minimum Gasteiger partial charge on any atom is -0.490 e. The molecule has 1 aliphatic heterocycles. The van der Waals surface area contributed by atoms with Gasteiger partial charge in [0.1, 0.15) is 12.3 Å². The molecular formula is C26H22BrClN2O3S. The molecule has 1 aliphatic rings. The van der Waals surface area contributed by atoms with Gasteiger partial charge in [-0.15, -0.1) is 0 Å². The summed E-state index contributed by atoms with van der Waals surface area (Å²) in [7, 11) is 1.79. The van der Waals surface area contributed by atoms with Gasteiger partial charge in [0.2, 0.25) is 0 Å². The summed E-state index contributed by atoms with van der Waals surface area (Å²) in [6.45, 7) is 2.65. The molecule has 3 aromatic rings. The molecule has 4 rings (SSSR count). The van der Waals surface area contributed by atoms with Gasteiger partial charge in [0.15, 0.2) is 16.6 Å². The summed E-state index contributed by atoms with van der Waals surface area (Å²) in [5.41, 5.74) is 2.84. The summed E-state index contributed by atoms with van der Waals surface area (Å²) in [5.74, 6) is 0.939. The second-order valence-electron chi connectivity index (χ2n) is 7.49. The zero-order chi connectivity index (χ0) is 24.2. The van der Waals surface area contributed by atoms with E-state index in [2.05, 4.69) is 15.9 Å². The highest BCUT2D eigenvalue weighted by Crippen LogP contribution is 2.39. The standard InChI is InChI=1S/C26H22BrClN2O3S/c1-3-32-23-15-17(13-20(27)24(23)33-16-18-9-7-8-12-21(18)28)14-22-25(31)30(26(34)29(22)2)19-10-5-4-6-11-19/h4-15H,3,16H2,1-2H3/b22-14-. The molecule has 5 nitrogen and oxygen atoms in total. The zero-order valence-electron chi connectivity index (χ0n) is 18.6. The van der Waals surface area contributed by atoms with Crippen LogP contribution >= 0.6 is 39.7 Å². The second kappa shape index (κ2) is 10.6. The third-order valence-corrected chi connectivity index (χ3v) is 6.66. The van der Waals surface area contributed by atoms with E-state index in [9.17, 15) is 4.79 Å². The minimum absolute atomic E-state index is 0.188. The molecule has 1 fully saturated rings. The van der Waals surface area contributed by atoms with Crippen molar-refractivity contribution in [3.8, 4) is 11.5 Å². The van der Waals surface area contributed by atoms with Gasteiger partial charge >= 0.3 is 0 Å². The Morgan fingerprint density at radius 3 is 2.47 bits per heavy atom. The van der Waals surface area contributed by atoms with E-state index < -0.39 is 0 Å². The summed E-state index contributed by atoms with van der Waals surface area (Å²) >= 11 is 15.4. The Kier molecular flexibility index (Phi) is 7.56. The van der Waals surface area contributed by atoms with E-state index in [1.54, 1.807) is 18.0 Å². The molecule has 0 spiro atoms. The number of carbonyl (C=O) groups is 1. The Morgan fingerprint density at radius 1 is 1.06 bits per heavy atom. The number of likely N-dealkylation sites (N-methyl/N-ethyl adjacent to an activating group) is 1. The fourth-order valence-corrected chi connectivity index (χ4v) is 4.61. The van der Waals surface area contributed by atoms with Gasteiger partial charge in [0.05, 0.1) is 16.8 Å². The first kappa shape index (κ1) is 24.3. The second-order valence-corrected chi connectivity index (χ2v) is 9.12. The highest BCUT2D eigenvalue weighted by atomic mass is 79.9. The largest absolute Gasteiger partial charge is 0.490 e. The molecule has 0 unspecified atom stereocenters. The lowest BCUT2D eigenvalue weighted by molar-refractivity contribution is -0.114. The quantitative estimate of drug-likeness (QED) is 0.239. The first-order chi connectivity index (χ1) is 16.4. The van der Waals surface area contributed by atoms with Gasteiger partial charge in [0, 0.05) is 17.6 Å². The fourth-order valence-electron chi connectivity index (χ4n) is 3.56. The maximum absolute atomic E-state index is 13.2. The zero-order valence-corrected chi connectivity index (χ0v) is 21.8. The average Bonchev–Trinajstić information content (AvgIpc) is 3.03. The predicted molar refractivity (Wildman–Crippen MR) is 143 cm³/mol. The summed E-state index contributed by atoms with van der Waals surface area (Å²) < 4.78 is 12.6. The Labute approximate surface area is 217 Å². The normalized spacial score (nSPS) is 14.8. The lowest BCUT2D eigenvalue weighted by Crippen LogP contribution is -2.30. The molecule has 0 saturated carbocycles. The van der Waals surface area contributed by atoms with Crippen LogP contribution in [0.2, 0.25) is 5.02 Å². The number of hydrogen-bond donors (Lipinski definition) is 0. The van der Waals surface area contributed by atoms with Crippen molar-refractivity contribution in [3.05, 3.63) is 93.0 Å². The lowest BCUT2D eigenvalue weighted by atomic mass is 10.1. The summed E-state index contributed by atoms with van der Waals surface area (Å²) in [6.07, 6.45) is 1.79. The van der Waals surface area contributed by atoms with E-state index in [1.807, 2.05) is 73.7 Å². The number of amides is 1. The molecule has 1 saturated heterocycles. The van der Waals surface area contributed by atoms with Crippen molar-refractivity contribution in [2.45, 2.75) is 13.5 Å². The number of rotatable bonds is 7. The number of benzene rings is 3. The molecule has 0 atom stereocenters. The van der Waals surface area contributed by atoms with E-state index in [1.165, 1.54) is 4.90 Å². The van der Waals surface area contributed by atoms with E-state index in [0.29, 0.717) is 45.0 Å². The van der Waals surface area contributed by atoms with E-state index in [4.69, 9.17) is 33.3 Å². The molecule has 0 aliphatic carbocycles. The molecule has 1 amide bonds. The Hall–Kier alpha value is -2.87. The summed E-state index contributed by atoms with van der Waals surface area (Å²) in [5, 5.41) is 1.06. The van der Waals surface area contributed by atoms with Gasteiger partial charge in [-0.2, -0.15) is 0 Å². The third kappa shape index (κ3) is 4.97. The molecule has 0 bridgehead atoms. The monoisotopic (exact) mass is 556 g/mol. The molecule has 0 aromatic heterocycles. The molecule has 0 radical (unpaired) electrons. The summed E-state index contributed by atoms with van der Waals surface area (Å²) in [6, 6.07) is 20.6. The van der Waals surface area contributed by atoms with Crippen LogP contribution in [0.15, 0.2) is 76.9 Å². The van der Waals surface area contributed by atoms with E-state index in [0.717, 1.165) is 16.8 Å². The molecule has 8 heteroatoms. The Bertz CT molecular complexity index is 1270. The molecular weight excluding hydrogens is 536 g/mol. The van der Waals surface area contributed by atoms with Crippen molar-refractivity contribution in [2.24, 2.45) is 0 Å². The Morgan fingerprint density at radius 2 is 1.76 bits per heavy atom. The third-order valence-electron chi connectivity index (χ3n) is 5.24.